The van der Waals surface area contributed by atoms with Gasteiger partial charge >= 0.3 is 0 Å². The van der Waals surface area contributed by atoms with Gasteiger partial charge in [0.05, 0.1) is 36.5 Å². The van der Waals surface area contributed by atoms with Gasteiger partial charge in [0.15, 0.2) is 0 Å². The standard InChI is InChI=1S/C25H26ClN5O3S/c1-34-17-21-20(25(33)27-11-4-5-23-28-13-22(26)35-23)16-31(29-21)15-19-9-7-18(8-10-19)14-30-12-3-2-6-24(30)32/h2-3,6-10,12-13,16H,4-5,11,14-15,17H2,1H3,(H,27,33). The van der Waals surface area contributed by atoms with Gasteiger partial charge in [-0.25, -0.2) is 4.98 Å². The van der Waals surface area contributed by atoms with Crippen LogP contribution in [0.2, 0.25) is 4.34 Å². The maximum atomic E-state index is 12.8. The van der Waals surface area contributed by atoms with E-state index in [1.165, 1.54) is 11.3 Å². The van der Waals surface area contributed by atoms with Gasteiger partial charge in [0.2, 0.25) is 0 Å². The van der Waals surface area contributed by atoms with E-state index in [2.05, 4.69) is 15.4 Å². The van der Waals surface area contributed by atoms with Crippen LogP contribution in [0.25, 0.3) is 0 Å². The lowest BCUT2D eigenvalue weighted by Crippen LogP contribution is -2.25. The summed E-state index contributed by atoms with van der Waals surface area (Å²) in [5.74, 6) is -0.177. The van der Waals surface area contributed by atoms with Crippen molar-refractivity contribution < 1.29 is 9.53 Å². The molecule has 0 spiro atoms. The smallest absolute Gasteiger partial charge is 0.254 e. The quantitative estimate of drug-likeness (QED) is 0.310. The molecule has 0 saturated heterocycles. The number of carbonyl (C=O) groups excluding carboxylic acids is 1. The second-order valence-corrected chi connectivity index (χ2v) is 9.77. The molecule has 10 heteroatoms. The van der Waals surface area contributed by atoms with Crippen LogP contribution in [0.15, 0.2) is 65.8 Å². The molecule has 0 radical (unpaired) electrons. The maximum Gasteiger partial charge on any atom is 0.254 e. The fraction of sp³-hybridized carbons (Fsp3) is 0.280. The zero-order valence-corrected chi connectivity index (χ0v) is 20.9. The first kappa shape index (κ1) is 24.8. The number of nitrogens with zero attached hydrogens (tertiary/aromatic N) is 4. The van der Waals surface area contributed by atoms with E-state index in [9.17, 15) is 9.59 Å². The number of aromatic nitrogens is 4. The van der Waals surface area contributed by atoms with Crippen molar-refractivity contribution >= 4 is 28.8 Å². The lowest BCUT2D eigenvalue weighted by Gasteiger charge is -2.07. The highest BCUT2D eigenvalue weighted by molar-refractivity contribution is 7.15. The van der Waals surface area contributed by atoms with Gasteiger partial charge in [0.25, 0.3) is 11.5 Å². The molecule has 3 aromatic heterocycles. The molecule has 0 fully saturated rings. The van der Waals surface area contributed by atoms with E-state index in [0.29, 0.717) is 35.2 Å². The number of amides is 1. The number of rotatable bonds is 11. The number of thiazole rings is 1. The highest BCUT2D eigenvalue weighted by Gasteiger charge is 2.16. The monoisotopic (exact) mass is 511 g/mol. The van der Waals surface area contributed by atoms with Crippen LogP contribution in [-0.2, 0) is 30.9 Å². The van der Waals surface area contributed by atoms with E-state index in [4.69, 9.17) is 16.3 Å². The topological polar surface area (TPSA) is 91.0 Å². The lowest BCUT2D eigenvalue weighted by atomic mass is 10.1. The Hall–Kier alpha value is -3.27. The zero-order chi connectivity index (χ0) is 24.6. The number of aryl methyl sites for hydroxylation is 1. The summed E-state index contributed by atoms with van der Waals surface area (Å²) >= 11 is 7.36. The summed E-state index contributed by atoms with van der Waals surface area (Å²) in [4.78, 5) is 28.9. The summed E-state index contributed by atoms with van der Waals surface area (Å²) < 4.78 is 9.33. The molecule has 4 aromatic rings. The molecular formula is C25H26ClN5O3S. The van der Waals surface area contributed by atoms with Crippen LogP contribution in [0.4, 0.5) is 0 Å². The average molecular weight is 512 g/mol. The molecule has 1 N–H and O–H groups in total. The van der Waals surface area contributed by atoms with Crippen molar-refractivity contribution in [3.05, 3.63) is 103 Å². The van der Waals surface area contributed by atoms with Crippen molar-refractivity contribution in [2.45, 2.75) is 32.5 Å². The number of benzene rings is 1. The van der Waals surface area contributed by atoms with Gasteiger partial charge in [-0.3, -0.25) is 14.3 Å². The summed E-state index contributed by atoms with van der Waals surface area (Å²) in [5, 5.41) is 8.47. The van der Waals surface area contributed by atoms with Crippen LogP contribution in [0.3, 0.4) is 0 Å². The van der Waals surface area contributed by atoms with E-state index in [0.717, 1.165) is 29.0 Å². The Labute approximate surface area is 212 Å². The SMILES string of the molecule is COCc1nn(Cc2ccc(Cn3ccccc3=O)cc2)cc1C(=O)NCCCc1ncc(Cl)s1. The highest BCUT2D eigenvalue weighted by atomic mass is 35.5. The first-order valence-corrected chi connectivity index (χ1v) is 12.4. The van der Waals surface area contributed by atoms with Crippen LogP contribution in [0.5, 0.6) is 0 Å². The summed E-state index contributed by atoms with van der Waals surface area (Å²) in [7, 11) is 1.58. The van der Waals surface area contributed by atoms with Gasteiger partial charge in [-0.05, 0) is 23.6 Å². The third-order valence-electron chi connectivity index (χ3n) is 5.36. The van der Waals surface area contributed by atoms with E-state index in [-0.39, 0.29) is 18.1 Å². The van der Waals surface area contributed by atoms with Crippen molar-refractivity contribution in [3.8, 4) is 0 Å². The summed E-state index contributed by atoms with van der Waals surface area (Å²) in [6, 6.07) is 13.1. The van der Waals surface area contributed by atoms with Gasteiger partial charge in [-0.15, -0.1) is 11.3 Å². The minimum absolute atomic E-state index is 0.0304. The Morgan fingerprint density at radius 3 is 2.60 bits per heavy atom. The molecule has 1 aromatic carbocycles. The molecular weight excluding hydrogens is 486 g/mol. The number of halogens is 1. The van der Waals surface area contributed by atoms with E-state index >= 15 is 0 Å². The number of ether oxygens (including phenoxy) is 1. The van der Waals surface area contributed by atoms with Gasteiger partial charge in [0, 0.05) is 38.5 Å². The summed E-state index contributed by atoms with van der Waals surface area (Å²) in [6.07, 6.45) is 6.70. The Kier molecular flexibility index (Phi) is 8.46. The van der Waals surface area contributed by atoms with E-state index in [1.807, 2.05) is 30.3 Å². The van der Waals surface area contributed by atoms with Crippen molar-refractivity contribution in [1.29, 1.82) is 0 Å². The third-order valence-corrected chi connectivity index (χ3v) is 6.54. The largest absolute Gasteiger partial charge is 0.378 e. The number of methoxy groups -OCH3 is 1. The zero-order valence-electron chi connectivity index (χ0n) is 19.3. The average Bonchev–Trinajstić information content (AvgIpc) is 3.45. The molecule has 0 aliphatic carbocycles. The molecule has 182 valence electrons. The fourth-order valence-corrected chi connectivity index (χ4v) is 4.64. The highest BCUT2D eigenvalue weighted by Crippen LogP contribution is 2.19. The Morgan fingerprint density at radius 2 is 1.91 bits per heavy atom. The van der Waals surface area contributed by atoms with Gasteiger partial charge in [-0.1, -0.05) is 41.9 Å². The Bertz CT molecular complexity index is 1330. The number of hydrogen-bond donors (Lipinski definition) is 1. The van der Waals surface area contributed by atoms with Crippen LogP contribution >= 0.6 is 22.9 Å². The van der Waals surface area contributed by atoms with Crippen LogP contribution in [0.1, 0.15) is 38.6 Å². The number of carbonyl (C=O) groups is 1. The number of pyridine rings is 1. The normalized spacial score (nSPS) is 11.0. The molecule has 0 aliphatic heterocycles. The fourth-order valence-electron chi connectivity index (χ4n) is 3.64. The first-order chi connectivity index (χ1) is 17.0. The van der Waals surface area contributed by atoms with Gasteiger partial charge in [-0.2, -0.15) is 5.10 Å². The third kappa shape index (κ3) is 6.88. The second kappa shape index (κ2) is 11.9. The van der Waals surface area contributed by atoms with Crippen molar-refractivity contribution in [3.63, 3.8) is 0 Å². The molecule has 0 saturated carbocycles. The molecule has 8 nitrogen and oxygen atoms in total. The van der Waals surface area contributed by atoms with Crippen molar-refractivity contribution in [2.24, 2.45) is 0 Å². The molecule has 3 heterocycles. The van der Waals surface area contributed by atoms with Crippen LogP contribution in [0, 0.1) is 0 Å². The minimum Gasteiger partial charge on any atom is -0.378 e. The summed E-state index contributed by atoms with van der Waals surface area (Å²) in [6.45, 7) is 1.80. The number of hydrogen-bond acceptors (Lipinski definition) is 6. The molecule has 0 unspecified atom stereocenters. The summed E-state index contributed by atoms with van der Waals surface area (Å²) in [5.41, 5.74) is 3.13. The first-order valence-electron chi connectivity index (χ1n) is 11.2. The van der Waals surface area contributed by atoms with Gasteiger partial charge in [0.1, 0.15) is 10.0 Å². The molecule has 0 bridgehead atoms. The lowest BCUT2D eigenvalue weighted by molar-refractivity contribution is 0.0948. The Balaban J connectivity index is 1.36. The maximum absolute atomic E-state index is 12.8. The molecule has 0 aliphatic rings. The molecule has 4 rings (SSSR count). The van der Waals surface area contributed by atoms with Crippen molar-refractivity contribution in [1.82, 2.24) is 24.6 Å². The van der Waals surface area contributed by atoms with Gasteiger partial charge < -0.3 is 14.6 Å². The van der Waals surface area contributed by atoms with E-state index in [1.54, 1.807) is 47.1 Å². The second-order valence-electron chi connectivity index (χ2n) is 8.02. The van der Waals surface area contributed by atoms with Crippen LogP contribution in [-0.4, -0.2) is 38.9 Å². The minimum atomic E-state index is -0.177. The van der Waals surface area contributed by atoms with Crippen molar-refractivity contribution in [2.75, 3.05) is 13.7 Å². The molecule has 0 atom stereocenters. The predicted octanol–water partition coefficient (Wildman–Crippen LogP) is 3.76. The molecule has 1 amide bonds. The Morgan fingerprint density at radius 1 is 1.14 bits per heavy atom. The number of nitrogens with one attached hydrogen (secondary N) is 1. The predicted molar refractivity (Wildman–Crippen MR) is 136 cm³/mol. The van der Waals surface area contributed by atoms with Crippen LogP contribution < -0.4 is 10.9 Å². The van der Waals surface area contributed by atoms with E-state index < -0.39 is 0 Å². The molecule has 35 heavy (non-hydrogen) atoms.